The Bertz CT molecular complexity index is 604. The fraction of sp³-hybridized carbons (Fsp3) is 0.704. The van der Waals surface area contributed by atoms with Gasteiger partial charge in [-0.25, -0.2) is 0 Å². The van der Waals surface area contributed by atoms with Crippen LogP contribution in [0.2, 0.25) is 0 Å². The molecule has 0 saturated carbocycles. The van der Waals surface area contributed by atoms with E-state index >= 15 is 0 Å². The molecule has 0 heterocycles. The number of aliphatic hydroxyl groups excluding tert-OH is 1. The lowest BCUT2D eigenvalue weighted by Crippen LogP contribution is -2.45. The van der Waals surface area contributed by atoms with Gasteiger partial charge in [0.05, 0.1) is 27.2 Å². The van der Waals surface area contributed by atoms with Crippen LogP contribution in [0, 0.1) is 0 Å². The minimum atomic E-state index is -1.20. The predicted octanol–water partition coefficient (Wildman–Crippen LogP) is 4.08. The van der Waals surface area contributed by atoms with Crippen LogP contribution >= 0.6 is 0 Å². The molecule has 0 aliphatic carbocycles. The molecule has 0 rings (SSSR count). The molecule has 0 spiro atoms. The highest BCUT2D eigenvalue weighted by molar-refractivity contribution is 5.70. The zero-order chi connectivity index (χ0) is 25.0. The zero-order valence-corrected chi connectivity index (χ0v) is 21.3. The van der Waals surface area contributed by atoms with Crippen LogP contribution in [0.1, 0.15) is 84.0 Å². The highest BCUT2D eigenvalue weighted by Gasteiger charge is 2.22. The summed E-state index contributed by atoms with van der Waals surface area (Å²) in [6.45, 7) is 2.60. The van der Waals surface area contributed by atoms with Gasteiger partial charge in [0.1, 0.15) is 6.54 Å². The second-order valence-corrected chi connectivity index (χ2v) is 9.70. The number of allylic oxidation sites excluding steroid dienone is 5. The molecular formula is C27H47NO5. The van der Waals surface area contributed by atoms with E-state index < -0.39 is 12.1 Å². The first-order valence-corrected chi connectivity index (χ1v) is 12.5. The summed E-state index contributed by atoms with van der Waals surface area (Å²) >= 11 is 0. The van der Waals surface area contributed by atoms with Gasteiger partial charge in [-0.3, -0.25) is 4.79 Å². The van der Waals surface area contributed by atoms with Crippen molar-refractivity contribution in [2.45, 2.75) is 96.2 Å². The molecule has 33 heavy (non-hydrogen) atoms. The van der Waals surface area contributed by atoms with Crippen LogP contribution in [0.25, 0.3) is 0 Å². The fourth-order valence-electron chi connectivity index (χ4n) is 3.41. The Morgan fingerprint density at radius 1 is 0.970 bits per heavy atom. The van der Waals surface area contributed by atoms with Gasteiger partial charge in [-0.15, -0.1) is 0 Å². The first-order chi connectivity index (χ1) is 15.6. The highest BCUT2D eigenvalue weighted by atomic mass is 16.5. The first-order valence-electron chi connectivity index (χ1n) is 12.5. The predicted molar refractivity (Wildman–Crippen MR) is 132 cm³/mol. The van der Waals surface area contributed by atoms with E-state index in [2.05, 4.69) is 25.2 Å². The van der Waals surface area contributed by atoms with Gasteiger partial charge in [0.2, 0.25) is 0 Å². The van der Waals surface area contributed by atoms with Crippen LogP contribution in [-0.2, 0) is 14.3 Å². The van der Waals surface area contributed by atoms with Gasteiger partial charge in [-0.2, -0.15) is 0 Å². The number of carboxylic acid groups (broad SMARTS) is 1. The smallest absolute Gasteiger partial charge is 0.306 e. The summed E-state index contributed by atoms with van der Waals surface area (Å²) in [6, 6.07) is 0. The number of nitrogens with zero attached hydrogens (tertiary/aromatic N) is 1. The lowest BCUT2D eigenvalue weighted by Gasteiger charge is -2.29. The van der Waals surface area contributed by atoms with Crippen LogP contribution in [-0.4, -0.2) is 61.4 Å². The number of rotatable bonds is 20. The molecule has 6 nitrogen and oxygen atoms in total. The van der Waals surface area contributed by atoms with Crippen molar-refractivity contribution in [3.63, 3.8) is 0 Å². The monoisotopic (exact) mass is 465 g/mol. The van der Waals surface area contributed by atoms with Crippen molar-refractivity contribution in [1.29, 1.82) is 0 Å². The molecule has 0 aromatic carbocycles. The molecule has 1 N–H and O–H groups in total. The number of hydrogen-bond acceptors (Lipinski definition) is 5. The lowest BCUT2D eigenvalue weighted by atomic mass is 10.1. The number of carboxylic acids is 1. The first kappa shape index (κ1) is 31.1. The minimum absolute atomic E-state index is 0.264. The maximum absolute atomic E-state index is 12.0. The summed E-state index contributed by atoms with van der Waals surface area (Å²) in [6.07, 6.45) is 21.2. The maximum Gasteiger partial charge on any atom is 0.306 e. The van der Waals surface area contributed by atoms with Gasteiger partial charge in [-0.1, -0.05) is 75.5 Å². The number of quaternary nitrogens is 1. The Kier molecular flexibility index (Phi) is 18.4. The van der Waals surface area contributed by atoms with E-state index in [0.717, 1.165) is 51.4 Å². The molecule has 0 saturated heterocycles. The number of aliphatic hydroxyl groups is 1. The molecule has 0 amide bonds. The van der Waals surface area contributed by atoms with Gasteiger partial charge < -0.3 is 24.2 Å². The Labute approximate surface area is 201 Å². The molecule has 0 radical (unpaired) electrons. The van der Waals surface area contributed by atoms with Crippen molar-refractivity contribution in [3.05, 3.63) is 36.5 Å². The topological polar surface area (TPSA) is 86.7 Å². The molecule has 2 unspecified atom stereocenters. The van der Waals surface area contributed by atoms with Crippen molar-refractivity contribution in [3.8, 4) is 0 Å². The number of carbonyl (C=O) groups excluding carboxylic acids is 2. The van der Waals surface area contributed by atoms with Crippen molar-refractivity contribution in [2.75, 3.05) is 27.7 Å². The maximum atomic E-state index is 12.0. The Balaban J connectivity index is 3.82. The van der Waals surface area contributed by atoms with Crippen molar-refractivity contribution >= 4 is 11.9 Å². The van der Waals surface area contributed by atoms with Gasteiger partial charge >= 0.3 is 5.97 Å². The van der Waals surface area contributed by atoms with Crippen LogP contribution in [0.3, 0.4) is 0 Å². The molecule has 0 fully saturated rings. The molecule has 2 atom stereocenters. The molecule has 0 aliphatic rings. The molecule has 190 valence electrons. The third-order valence-corrected chi connectivity index (χ3v) is 5.07. The average molecular weight is 466 g/mol. The van der Waals surface area contributed by atoms with Crippen molar-refractivity contribution < 1.29 is 29.0 Å². The van der Waals surface area contributed by atoms with Crippen LogP contribution in [0.15, 0.2) is 36.5 Å². The summed E-state index contributed by atoms with van der Waals surface area (Å²) in [7, 11) is 5.79. The van der Waals surface area contributed by atoms with E-state index in [1.807, 2.05) is 39.4 Å². The summed E-state index contributed by atoms with van der Waals surface area (Å²) in [5.41, 5.74) is 0. The average Bonchev–Trinajstić information content (AvgIpc) is 2.69. The number of aliphatic carboxylic acids is 1. The normalized spacial score (nSPS) is 14.3. The Morgan fingerprint density at radius 2 is 1.70 bits per heavy atom. The third kappa shape index (κ3) is 23.0. The number of carbonyl (C=O) groups is 2. The molecule has 6 heteroatoms. The second kappa shape index (κ2) is 19.5. The number of ether oxygens (including phenoxy) is 1. The Hall–Kier alpha value is -1.92. The van der Waals surface area contributed by atoms with E-state index in [9.17, 15) is 19.8 Å². The van der Waals surface area contributed by atoms with Crippen LogP contribution in [0.5, 0.6) is 0 Å². The van der Waals surface area contributed by atoms with E-state index in [-0.39, 0.29) is 18.5 Å². The SMILES string of the molecule is CCCCCC(O)/C=C/C=C/C/C=C/CCCCCCC(=O)OC(CC(=O)[O-])C[N+](C)(C)C. The van der Waals surface area contributed by atoms with Gasteiger partial charge in [-0.05, 0) is 32.1 Å². The molecule has 0 aromatic rings. The number of likely N-dealkylation sites (N-methyl/N-ethyl adjacent to an activating group) is 1. The fourth-order valence-corrected chi connectivity index (χ4v) is 3.41. The molecule has 0 aliphatic heterocycles. The Morgan fingerprint density at radius 3 is 2.36 bits per heavy atom. The summed E-state index contributed by atoms with van der Waals surface area (Å²) in [5.74, 6) is -1.53. The van der Waals surface area contributed by atoms with Gasteiger partial charge in [0.15, 0.2) is 6.10 Å². The van der Waals surface area contributed by atoms with Crippen molar-refractivity contribution in [1.82, 2.24) is 0 Å². The van der Waals surface area contributed by atoms with E-state index in [4.69, 9.17) is 4.74 Å². The lowest BCUT2D eigenvalue weighted by molar-refractivity contribution is -0.873. The summed E-state index contributed by atoms with van der Waals surface area (Å²) in [4.78, 5) is 22.9. The van der Waals surface area contributed by atoms with Crippen LogP contribution < -0.4 is 5.11 Å². The van der Waals surface area contributed by atoms with E-state index in [0.29, 0.717) is 17.4 Å². The molecular weight excluding hydrogens is 418 g/mol. The summed E-state index contributed by atoms with van der Waals surface area (Å²) in [5, 5.41) is 20.7. The minimum Gasteiger partial charge on any atom is -0.550 e. The highest BCUT2D eigenvalue weighted by Crippen LogP contribution is 2.10. The van der Waals surface area contributed by atoms with Crippen molar-refractivity contribution in [2.24, 2.45) is 0 Å². The number of hydrogen-bond donors (Lipinski definition) is 1. The molecule has 0 bridgehead atoms. The largest absolute Gasteiger partial charge is 0.550 e. The molecule has 0 aromatic heterocycles. The van der Waals surface area contributed by atoms with Crippen LogP contribution in [0.4, 0.5) is 0 Å². The zero-order valence-electron chi connectivity index (χ0n) is 21.3. The third-order valence-electron chi connectivity index (χ3n) is 5.07. The summed E-state index contributed by atoms with van der Waals surface area (Å²) < 4.78 is 5.88. The second-order valence-electron chi connectivity index (χ2n) is 9.70. The standard InChI is InChI=1S/C27H47NO5/c1-5-6-16-19-24(29)20-17-14-12-10-8-7-9-11-13-15-18-21-27(32)33-25(22-26(30)31)23-28(2,3)4/h7-8,12,14,17,20,24-25,29H,5-6,9-11,13,15-16,18-19,21-23H2,1-4H3/b8-7+,14-12+,20-17+. The quantitative estimate of drug-likeness (QED) is 0.0962. The number of esters is 1. The van der Waals surface area contributed by atoms with E-state index in [1.54, 1.807) is 0 Å². The van der Waals surface area contributed by atoms with Gasteiger partial charge in [0, 0.05) is 18.8 Å². The number of unbranched alkanes of at least 4 members (excludes halogenated alkanes) is 6. The van der Waals surface area contributed by atoms with Gasteiger partial charge in [0.25, 0.3) is 0 Å². The van der Waals surface area contributed by atoms with E-state index in [1.165, 1.54) is 12.8 Å².